The van der Waals surface area contributed by atoms with E-state index in [2.05, 4.69) is 39.4 Å². The Bertz CT molecular complexity index is 802. The molecule has 0 amide bonds. The number of fused-ring (bicyclic) bond motifs is 3. The second kappa shape index (κ2) is 5.36. The molecule has 3 aliphatic rings. The molecule has 1 heterocycles. The van der Waals surface area contributed by atoms with Gasteiger partial charge in [0.05, 0.1) is 15.9 Å². The maximum absolute atomic E-state index is 7.37. The zero-order chi connectivity index (χ0) is 18.7. The van der Waals surface area contributed by atoms with Gasteiger partial charge in [-0.1, -0.05) is 34.2 Å². The van der Waals surface area contributed by atoms with Crippen LogP contribution in [0.3, 0.4) is 0 Å². The molecule has 1 saturated carbocycles. The number of rotatable bonds is 1. The van der Waals surface area contributed by atoms with Crippen LogP contribution < -0.4 is 5.32 Å². The van der Waals surface area contributed by atoms with E-state index in [0.717, 1.165) is 42.3 Å². The second-order valence-electron chi connectivity index (χ2n) is 6.94. The van der Waals surface area contributed by atoms with E-state index < -0.39 is 12.7 Å². The Balaban J connectivity index is 1.70. The van der Waals surface area contributed by atoms with Crippen molar-refractivity contribution in [2.75, 3.05) is 7.04 Å². The van der Waals surface area contributed by atoms with Crippen LogP contribution in [-0.2, 0) is 16.8 Å². The van der Waals surface area contributed by atoms with Crippen LogP contribution >= 0.6 is 28.1 Å². The first-order chi connectivity index (χ1) is 12.1. The molecule has 1 N–H and O–H groups in total. The lowest BCUT2D eigenvalue weighted by atomic mass is 9.65. The first kappa shape index (κ1) is 12.6. The molecule has 122 valence electrons. The van der Waals surface area contributed by atoms with Crippen molar-refractivity contribution in [3.63, 3.8) is 0 Å². The van der Waals surface area contributed by atoms with Gasteiger partial charge in [0.25, 0.3) is 0 Å². The van der Waals surface area contributed by atoms with Crippen LogP contribution in [0.5, 0.6) is 0 Å². The molecule has 0 saturated heterocycles. The number of benzene rings is 1. The number of nitrogens with zero attached hydrogens (tertiary/aromatic N) is 1. The molecular formula is C18H21BrN2OS. The van der Waals surface area contributed by atoms with Crippen molar-refractivity contribution in [3.05, 3.63) is 33.8 Å². The van der Waals surface area contributed by atoms with Crippen LogP contribution in [0.2, 0.25) is 0 Å². The van der Waals surface area contributed by atoms with Gasteiger partial charge in [-0.15, -0.1) is 0 Å². The summed E-state index contributed by atoms with van der Waals surface area (Å²) in [5, 5.41) is 3.54. The molecule has 1 unspecified atom stereocenters. The highest BCUT2D eigenvalue weighted by molar-refractivity contribution is 9.10. The first-order valence-corrected chi connectivity index (χ1v) is 9.20. The smallest absolute Gasteiger partial charge is 0.162 e. The molecule has 0 radical (unpaired) electrons. The van der Waals surface area contributed by atoms with Gasteiger partial charge in [0.1, 0.15) is 4.99 Å². The lowest BCUT2D eigenvalue weighted by molar-refractivity contribution is -0.00614. The van der Waals surface area contributed by atoms with Gasteiger partial charge in [0.2, 0.25) is 0 Å². The Morgan fingerprint density at radius 3 is 2.87 bits per heavy atom. The number of thiocarbonyl (C=S) groups is 1. The van der Waals surface area contributed by atoms with Crippen LogP contribution in [0.15, 0.2) is 27.7 Å². The summed E-state index contributed by atoms with van der Waals surface area (Å²) in [5.74, 6) is 0. The summed E-state index contributed by atoms with van der Waals surface area (Å²) in [5.41, 5.74) is 2.69. The molecule has 2 aliphatic carbocycles. The van der Waals surface area contributed by atoms with Gasteiger partial charge < -0.3 is 10.1 Å². The van der Waals surface area contributed by atoms with Gasteiger partial charge in [-0.05, 0) is 56.7 Å². The Morgan fingerprint density at radius 1 is 1.43 bits per heavy atom. The van der Waals surface area contributed by atoms with Crippen LogP contribution in [0.1, 0.15) is 47.8 Å². The van der Waals surface area contributed by atoms with E-state index in [1.54, 1.807) is 0 Å². The predicted octanol–water partition coefficient (Wildman–Crippen LogP) is 4.12. The molecule has 1 atom stereocenters. The quantitative estimate of drug-likeness (QED) is 0.725. The lowest BCUT2D eigenvalue weighted by Crippen LogP contribution is -2.52. The molecule has 0 bridgehead atoms. The standard InChI is InChI=1S/C18H21BrN2OS/c1-11-16(23)21-18(20-11)15-9-13(19)4-3-12(15)10-17(18)7-5-14(22-2)6-8-17/h3-4,9,14H,5-8,10H2,1-2H3,(H,21,23)/i2D3. The molecule has 1 fully saturated rings. The highest BCUT2D eigenvalue weighted by Crippen LogP contribution is 2.59. The fraction of sp³-hybridized carbons (Fsp3) is 0.556. The highest BCUT2D eigenvalue weighted by Gasteiger charge is 2.61. The fourth-order valence-corrected chi connectivity index (χ4v) is 5.14. The summed E-state index contributed by atoms with van der Waals surface area (Å²) in [6, 6.07) is 6.38. The van der Waals surface area contributed by atoms with E-state index in [9.17, 15) is 0 Å². The number of aliphatic imine (C=N–C) groups is 1. The average molecular weight is 396 g/mol. The van der Waals surface area contributed by atoms with Crippen LogP contribution in [0.25, 0.3) is 0 Å². The zero-order valence-corrected chi connectivity index (χ0v) is 15.4. The van der Waals surface area contributed by atoms with E-state index in [0.29, 0.717) is 4.99 Å². The third-order valence-corrected chi connectivity index (χ3v) is 6.66. The summed E-state index contributed by atoms with van der Waals surface area (Å²) < 4.78 is 28.4. The van der Waals surface area contributed by atoms with Crippen LogP contribution in [0.4, 0.5) is 0 Å². The van der Waals surface area contributed by atoms with Gasteiger partial charge in [-0.25, -0.2) is 0 Å². The molecule has 4 rings (SSSR count). The fourth-order valence-electron chi connectivity index (χ4n) is 4.58. The minimum Gasteiger partial charge on any atom is -0.381 e. The molecule has 1 aromatic rings. The number of nitrogens with one attached hydrogen (secondary N) is 1. The van der Waals surface area contributed by atoms with Crippen molar-refractivity contribution >= 4 is 38.8 Å². The largest absolute Gasteiger partial charge is 0.381 e. The van der Waals surface area contributed by atoms with Crippen molar-refractivity contribution < 1.29 is 8.85 Å². The van der Waals surface area contributed by atoms with Gasteiger partial charge in [-0.2, -0.15) is 0 Å². The Hall–Kier alpha value is -0.780. The summed E-state index contributed by atoms with van der Waals surface area (Å²) in [4.78, 5) is 5.76. The number of halogens is 1. The average Bonchev–Trinajstić information content (AvgIpc) is 2.98. The van der Waals surface area contributed by atoms with Crippen molar-refractivity contribution in [1.82, 2.24) is 5.32 Å². The van der Waals surface area contributed by atoms with Crippen molar-refractivity contribution in [1.29, 1.82) is 0 Å². The van der Waals surface area contributed by atoms with E-state index in [-0.39, 0.29) is 11.5 Å². The van der Waals surface area contributed by atoms with Crippen LogP contribution in [-0.4, -0.2) is 23.8 Å². The van der Waals surface area contributed by atoms with Gasteiger partial charge in [0.15, 0.2) is 5.66 Å². The van der Waals surface area contributed by atoms with E-state index in [4.69, 9.17) is 26.1 Å². The highest BCUT2D eigenvalue weighted by atomic mass is 79.9. The third kappa shape index (κ3) is 2.16. The number of ether oxygens (including phenoxy) is 1. The topological polar surface area (TPSA) is 33.6 Å². The van der Waals surface area contributed by atoms with Gasteiger partial charge in [0, 0.05) is 22.5 Å². The normalized spacial score (nSPS) is 38.0. The number of hydrogen-bond donors (Lipinski definition) is 1. The summed E-state index contributed by atoms with van der Waals surface area (Å²) >= 11 is 9.10. The molecule has 5 heteroatoms. The SMILES string of the molecule is [2H]C([2H])([2H])OC1CCC2(CC1)Cc1ccc(Br)cc1C21N=C(C)C(=S)N1. The maximum atomic E-state index is 7.37. The Labute approximate surface area is 155 Å². The molecule has 1 aromatic carbocycles. The van der Waals surface area contributed by atoms with Crippen LogP contribution in [0, 0.1) is 5.41 Å². The second-order valence-corrected chi connectivity index (χ2v) is 8.26. The monoisotopic (exact) mass is 395 g/mol. The van der Waals surface area contributed by atoms with Gasteiger partial charge in [-0.3, -0.25) is 4.99 Å². The molecule has 0 aromatic heterocycles. The number of hydrogen-bond acceptors (Lipinski definition) is 3. The molecule has 3 nitrogen and oxygen atoms in total. The summed E-state index contributed by atoms with van der Waals surface area (Å²) in [6.45, 7) is 1.96. The third-order valence-electron chi connectivity index (χ3n) is 5.77. The minimum absolute atomic E-state index is 0.105. The number of methoxy groups -OCH3 is 1. The van der Waals surface area contributed by atoms with Crippen molar-refractivity contribution in [2.24, 2.45) is 10.4 Å². The summed E-state index contributed by atoms with van der Waals surface area (Å²) in [7, 11) is -2.34. The van der Waals surface area contributed by atoms with E-state index in [1.165, 1.54) is 11.1 Å². The Morgan fingerprint density at radius 2 is 2.22 bits per heavy atom. The van der Waals surface area contributed by atoms with Gasteiger partial charge >= 0.3 is 0 Å². The van der Waals surface area contributed by atoms with Crippen molar-refractivity contribution in [3.8, 4) is 0 Å². The van der Waals surface area contributed by atoms with E-state index in [1.807, 2.05) is 6.92 Å². The molecular weight excluding hydrogens is 372 g/mol. The maximum Gasteiger partial charge on any atom is 0.162 e. The summed E-state index contributed by atoms with van der Waals surface area (Å²) in [6.07, 6.45) is 3.84. The molecule has 2 spiro atoms. The zero-order valence-electron chi connectivity index (χ0n) is 16.0. The first-order valence-electron chi connectivity index (χ1n) is 9.50. The minimum atomic E-state index is -2.34. The lowest BCUT2D eigenvalue weighted by Gasteiger charge is -2.46. The van der Waals surface area contributed by atoms with Crippen molar-refractivity contribution in [2.45, 2.75) is 50.8 Å². The molecule has 1 aliphatic heterocycles. The van der Waals surface area contributed by atoms with E-state index >= 15 is 0 Å². The Kier molecular flexibility index (Phi) is 2.93. The molecule has 23 heavy (non-hydrogen) atoms. The predicted molar refractivity (Wildman–Crippen MR) is 100 cm³/mol.